The van der Waals surface area contributed by atoms with Gasteiger partial charge in [0.1, 0.15) is 0 Å². The fraction of sp³-hybridized carbons (Fsp3) is 0.900. The molecule has 0 amide bonds. The van der Waals surface area contributed by atoms with Crippen LogP contribution in [0.3, 0.4) is 0 Å². The molecule has 14 heavy (non-hydrogen) atoms. The fourth-order valence-electron chi connectivity index (χ4n) is 2.05. The molecule has 2 heterocycles. The minimum atomic E-state index is 0.527. The van der Waals surface area contributed by atoms with Crippen molar-refractivity contribution in [3.63, 3.8) is 0 Å². The molecule has 3 nitrogen and oxygen atoms in total. The smallest absolute Gasteiger partial charge is 0.194 e. The van der Waals surface area contributed by atoms with Crippen LogP contribution in [0.25, 0.3) is 0 Å². The molecule has 1 saturated heterocycles. The Hall–Kier alpha value is -0.380. The molecule has 0 saturated carbocycles. The largest absolute Gasteiger partial charge is 0.352 e. The van der Waals surface area contributed by atoms with Crippen LogP contribution in [0.1, 0.15) is 19.8 Å². The molecule has 4 heteroatoms. The third-order valence-electron chi connectivity index (χ3n) is 2.90. The van der Waals surface area contributed by atoms with E-state index in [0.717, 1.165) is 17.8 Å². The van der Waals surface area contributed by atoms with Crippen LogP contribution < -0.4 is 5.32 Å². The van der Waals surface area contributed by atoms with Crippen LogP contribution in [-0.4, -0.2) is 48.0 Å². The van der Waals surface area contributed by atoms with Crippen LogP contribution in [0.4, 0.5) is 0 Å². The standard InChI is InChI=1S/C10H19N3S/c1-8-6-11-10(12-8)13-5-3-4-9(7-13)14-2/h8-9H,3-7H2,1-2H3,(H,11,12). The highest BCUT2D eigenvalue weighted by atomic mass is 32.2. The van der Waals surface area contributed by atoms with Crippen molar-refractivity contribution in [3.8, 4) is 0 Å². The van der Waals surface area contributed by atoms with E-state index in [1.807, 2.05) is 11.8 Å². The first-order chi connectivity index (χ1) is 6.79. The molecule has 80 valence electrons. The van der Waals surface area contributed by atoms with Crippen molar-refractivity contribution in [3.05, 3.63) is 0 Å². The molecule has 0 aromatic rings. The Bertz CT molecular complexity index is 229. The number of nitrogens with one attached hydrogen (secondary N) is 1. The Labute approximate surface area is 90.3 Å². The number of hydrogen-bond acceptors (Lipinski definition) is 4. The van der Waals surface area contributed by atoms with E-state index in [9.17, 15) is 0 Å². The Morgan fingerprint density at radius 1 is 1.57 bits per heavy atom. The van der Waals surface area contributed by atoms with E-state index in [4.69, 9.17) is 0 Å². The van der Waals surface area contributed by atoms with Gasteiger partial charge >= 0.3 is 0 Å². The van der Waals surface area contributed by atoms with Crippen molar-refractivity contribution in [1.29, 1.82) is 0 Å². The zero-order valence-corrected chi connectivity index (χ0v) is 9.81. The van der Waals surface area contributed by atoms with E-state index in [0.29, 0.717) is 6.04 Å². The van der Waals surface area contributed by atoms with Gasteiger partial charge in [-0.05, 0) is 26.0 Å². The summed E-state index contributed by atoms with van der Waals surface area (Å²) in [5, 5.41) is 4.23. The topological polar surface area (TPSA) is 27.6 Å². The van der Waals surface area contributed by atoms with E-state index < -0.39 is 0 Å². The number of nitrogens with zero attached hydrogens (tertiary/aromatic N) is 2. The second kappa shape index (κ2) is 4.43. The highest BCUT2D eigenvalue weighted by Gasteiger charge is 2.24. The van der Waals surface area contributed by atoms with Gasteiger partial charge in [0.25, 0.3) is 0 Å². The zero-order chi connectivity index (χ0) is 9.97. The maximum Gasteiger partial charge on any atom is 0.194 e. The van der Waals surface area contributed by atoms with Crippen molar-refractivity contribution in [1.82, 2.24) is 10.2 Å². The summed E-state index contributed by atoms with van der Waals surface area (Å²) < 4.78 is 0. The van der Waals surface area contributed by atoms with Gasteiger partial charge in [-0.25, -0.2) is 0 Å². The number of guanidine groups is 1. The molecule has 2 aliphatic heterocycles. The summed E-state index contributed by atoms with van der Waals surface area (Å²) in [6.45, 7) is 5.47. The molecule has 1 fully saturated rings. The molecule has 2 unspecified atom stereocenters. The highest BCUT2D eigenvalue weighted by Crippen LogP contribution is 2.20. The molecule has 0 aromatic carbocycles. The number of aliphatic imine (C=N–C) groups is 1. The maximum atomic E-state index is 4.53. The molecule has 0 aromatic heterocycles. The quantitative estimate of drug-likeness (QED) is 0.708. The van der Waals surface area contributed by atoms with Gasteiger partial charge in [-0.1, -0.05) is 0 Å². The van der Waals surface area contributed by atoms with Gasteiger partial charge < -0.3 is 10.2 Å². The van der Waals surface area contributed by atoms with Crippen molar-refractivity contribution < 1.29 is 0 Å². The highest BCUT2D eigenvalue weighted by molar-refractivity contribution is 7.99. The minimum absolute atomic E-state index is 0.527. The van der Waals surface area contributed by atoms with Gasteiger partial charge in [-0.15, -0.1) is 0 Å². The van der Waals surface area contributed by atoms with E-state index in [1.165, 1.54) is 25.9 Å². The molecule has 0 radical (unpaired) electrons. The lowest BCUT2D eigenvalue weighted by atomic mass is 10.1. The summed E-state index contributed by atoms with van der Waals surface area (Å²) in [4.78, 5) is 6.94. The van der Waals surface area contributed by atoms with Gasteiger partial charge in [-0.2, -0.15) is 11.8 Å². The van der Waals surface area contributed by atoms with Gasteiger partial charge in [0, 0.05) is 24.4 Å². The molecular weight excluding hydrogens is 194 g/mol. The Morgan fingerprint density at radius 2 is 2.43 bits per heavy atom. The maximum absolute atomic E-state index is 4.53. The SMILES string of the molecule is CSC1CCCN(C2=NCC(C)N2)C1. The van der Waals surface area contributed by atoms with Gasteiger partial charge in [0.2, 0.25) is 0 Å². The van der Waals surface area contributed by atoms with E-state index >= 15 is 0 Å². The molecule has 1 N–H and O–H groups in total. The zero-order valence-electron chi connectivity index (χ0n) is 8.99. The van der Waals surface area contributed by atoms with E-state index in [2.05, 4.69) is 28.4 Å². The second-order valence-electron chi connectivity index (χ2n) is 4.16. The van der Waals surface area contributed by atoms with Gasteiger partial charge in [-0.3, -0.25) is 4.99 Å². The summed E-state index contributed by atoms with van der Waals surface area (Å²) >= 11 is 1.98. The number of rotatable bonds is 1. The molecule has 2 atom stereocenters. The lowest BCUT2D eigenvalue weighted by Gasteiger charge is -2.33. The Kier molecular flexibility index (Phi) is 3.21. The van der Waals surface area contributed by atoms with Crippen molar-refractivity contribution in [2.75, 3.05) is 25.9 Å². The van der Waals surface area contributed by atoms with Gasteiger partial charge in [0.15, 0.2) is 5.96 Å². The first-order valence-electron chi connectivity index (χ1n) is 5.38. The molecule has 0 bridgehead atoms. The third-order valence-corrected chi connectivity index (χ3v) is 3.95. The first-order valence-corrected chi connectivity index (χ1v) is 6.67. The molecule has 0 spiro atoms. The van der Waals surface area contributed by atoms with Gasteiger partial charge in [0.05, 0.1) is 6.54 Å². The summed E-state index contributed by atoms with van der Waals surface area (Å²) in [6.07, 6.45) is 4.88. The minimum Gasteiger partial charge on any atom is -0.352 e. The third kappa shape index (κ3) is 2.16. The average Bonchev–Trinajstić information content (AvgIpc) is 2.65. The van der Waals surface area contributed by atoms with Crippen molar-refractivity contribution in [2.24, 2.45) is 4.99 Å². The van der Waals surface area contributed by atoms with Crippen molar-refractivity contribution in [2.45, 2.75) is 31.1 Å². The molecule has 0 aliphatic carbocycles. The number of likely N-dealkylation sites (tertiary alicyclic amines) is 1. The van der Waals surface area contributed by atoms with Crippen LogP contribution in [0, 0.1) is 0 Å². The van der Waals surface area contributed by atoms with Crippen LogP contribution in [-0.2, 0) is 0 Å². The fourth-order valence-corrected chi connectivity index (χ4v) is 2.78. The number of thioether (sulfide) groups is 1. The summed E-state index contributed by atoms with van der Waals surface area (Å²) in [7, 11) is 0. The Balaban J connectivity index is 1.91. The normalized spacial score (nSPS) is 32.7. The molecule has 2 aliphatic rings. The van der Waals surface area contributed by atoms with Crippen molar-refractivity contribution >= 4 is 17.7 Å². The lowest BCUT2D eigenvalue weighted by molar-refractivity contribution is 0.341. The number of piperidine rings is 1. The Morgan fingerprint density at radius 3 is 3.07 bits per heavy atom. The van der Waals surface area contributed by atoms with Crippen LogP contribution in [0.5, 0.6) is 0 Å². The predicted molar refractivity (Wildman–Crippen MR) is 63.0 cm³/mol. The van der Waals surface area contributed by atoms with E-state index in [1.54, 1.807) is 0 Å². The summed E-state index contributed by atoms with van der Waals surface area (Å²) in [5.74, 6) is 1.14. The molecular formula is C10H19N3S. The first kappa shape index (κ1) is 10.1. The molecule has 2 rings (SSSR count). The van der Waals surface area contributed by atoms with Crippen LogP contribution >= 0.6 is 11.8 Å². The predicted octanol–water partition coefficient (Wildman–Crippen LogP) is 1.16. The summed E-state index contributed by atoms with van der Waals surface area (Å²) in [5.41, 5.74) is 0. The van der Waals surface area contributed by atoms with Crippen LogP contribution in [0.15, 0.2) is 4.99 Å². The second-order valence-corrected chi connectivity index (χ2v) is 5.29. The van der Waals surface area contributed by atoms with E-state index in [-0.39, 0.29) is 0 Å². The average molecular weight is 213 g/mol. The lowest BCUT2D eigenvalue weighted by Crippen LogP contribution is -2.47. The number of hydrogen-bond donors (Lipinski definition) is 1. The summed E-state index contributed by atoms with van der Waals surface area (Å²) in [6, 6.07) is 0.527. The monoisotopic (exact) mass is 213 g/mol. The van der Waals surface area contributed by atoms with Crippen LogP contribution in [0.2, 0.25) is 0 Å².